The van der Waals surface area contributed by atoms with Gasteiger partial charge in [-0.15, -0.1) is 0 Å². The van der Waals surface area contributed by atoms with Gasteiger partial charge in [0.05, 0.1) is 23.2 Å². The predicted molar refractivity (Wildman–Crippen MR) is 78.1 cm³/mol. The summed E-state index contributed by atoms with van der Waals surface area (Å²) in [7, 11) is 1.69. The van der Waals surface area contributed by atoms with Crippen molar-refractivity contribution in [1.29, 1.82) is 0 Å². The van der Waals surface area contributed by atoms with E-state index in [1.807, 2.05) is 10.6 Å². The summed E-state index contributed by atoms with van der Waals surface area (Å²) in [6.45, 7) is 4.77. The van der Waals surface area contributed by atoms with Gasteiger partial charge in [-0.2, -0.15) is 0 Å². The summed E-state index contributed by atoms with van der Waals surface area (Å²) in [5.41, 5.74) is 7.78. The molecule has 0 fully saturated rings. The van der Waals surface area contributed by atoms with Crippen LogP contribution in [0.2, 0.25) is 0 Å². The fraction of sp³-hybridized carbons (Fsp3) is 0.417. The highest BCUT2D eigenvalue weighted by atomic mass is 127. The Morgan fingerprint density at radius 3 is 2.82 bits per heavy atom. The van der Waals surface area contributed by atoms with E-state index in [1.165, 1.54) is 0 Å². The lowest BCUT2D eigenvalue weighted by Gasteiger charge is -2.27. The van der Waals surface area contributed by atoms with Crippen molar-refractivity contribution in [3.05, 3.63) is 21.8 Å². The second-order valence-corrected chi connectivity index (χ2v) is 5.93. The van der Waals surface area contributed by atoms with Gasteiger partial charge < -0.3 is 15.0 Å². The van der Waals surface area contributed by atoms with Crippen molar-refractivity contribution in [2.24, 2.45) is 0 Å². The third-order valence-corrected chi connectivity index (χ3v) is 3.42. The van der Waals surface area contributed by atoms with Crippen LogP contribution in [0.25, 0.3) is 11.0 Å². The summed E-state index contributed by atoms with van der Waals surface area (Å²) in [5.74, 6) is 0.532. The first-order valence-electron chi connectivity index (χ1n) is 5.38. The van der Waals surface area contributed by atoms with Crippen LogP contribution in [-0.2, 0) is 10.3 Å². The van der Waals surface area contributed by atoms with Gasteiger partial charge in [0, 0.05) is 10.7 Å². The topological polar surface area (TPSA) is 53.1 Å². The number of methoxy groups -OCH3 is 1. The third-order valence-electron chi connectivity index (χ3n) is 2.75. The van der Waals surface area contributed by atoms with Gasteiger partial charge in [0.15, 0.2) is 0 Å². The number of benzene rings is 1. The number of ether oxygens (including phenoxy) is 1. The molecule has 2 aromatic rings. The standard InChI is InChI=1S/C12H16IN3O/c1-12(2,7-17-3)16-10-5-4-8(13)6-9(10)15-11(16)14/h4-6H,7H2,1-3H3,(H2,14,15). The summed E-state index contributed by atoms with van der Waals surface area (Å²) >= 11 is 2.27. The van der Waals surface area contributed by atoms with Crippen LogP contribution in [-0.4, -0.2) is 23.3 Å². The van der Waals surface area contributed by atoms with Crippen LogP contribution in [0, 0.1) is 3.57 Å². The van der Waals surface area contributed by atoms with Gasteiger partial charge in [-0.3, -0.25) is 0 Å². The zero-order chi connectivity index (χ0) is 12.6. The number of anilines is 1. The van der Waals surface area contributed by atoms with Crippen LogP contribution in [0.3, 0.4) is 0 Å². The average Bonchev–Trinajstić information content (AvgIpc) is 2.53. The zero-order valence-electron chi connectivity index (χ0n) is 10.2. The van der Waals surface area contributed by atoms with Crippen molar-refractivity contribution >= 4 is 39.6 Å². The number of hydrogen-bond donors (Lipinski definition) is 1. The van der Waals surface area contributed by atoms with Gasteiger partial charge in [0.25, 0.3) is 0 Å². The molecular formula is C12H16IN3O. The van der Waals surface area contributed by atoms with Crippen molar-refractivity contribution in [2.75, 3.05) is 19.5 Å². The fourth-order valence-corrected chi connectivity index (χ4v) is 2.60. The first-order valence-corrected chi connectivity index (χ1v) is 6.46. The van der Waals surface area contributed by atoms with Gasteiger partial charge in [0.2, 0.25) is 5.95 Å². The Morgan fingerprint density at radius 1 is 1.47 bits per heavy atom. The normalized spacial score (nSPS) is 12.2. The highest BCUT2D eigenvalue weighted by molar-refractivity contribution is 14.1. The molecule has 0 aliphatic heterocycles. The second kappa shape index (κ2) is 4.45. The molecule has 4 nitrogen and oxygen atoms in total. The number of fused-ring (bicyclic) bond motifs is 1. The SMILES string of the molecule is COCC(C)(C)n1c(N)nc2cc(I)ccc21. The maximum atomic E-state index is 6.01. The minimum absolute atomic E-state index is 0.208. The molecule has 0 radical (unpaired) electrons. The Labute approximate surface area is 114 Å². The van der Waals surface area contributed by atoms with Gasteiger partial charge in [-0.25, -0.2) is 4.98 Å². The molecule has 0 amide bonds. The van der Waals surface area contributed by atoms with E-state index in [9.17, 15) is 0 Å². The van der Waals surface area contributed by atoms with E-state index in [0.717, 1.165) is 14.6 Å². The van der Waals surface area contributed by atoms with E-state index in [4.69, 9.17) is 10.5 Å². The number of rotatable bonds is 3. The summed E-state index contributed by atoms with van der Waals surface area (Å²) < 4.78 is 8.44. The molecule has 92 valence electrons. The molecule has 5 heteroatoms. The van der Waals surface area contributed by atoms with Crippen molar-refractivity contribution in [3.8, 4) is 0 Å². The quantitative estimate of drug-likeness (QED) is 0.870. The second-order valence-electron chi connectivity index (χ2n) is 4.68. The van der Waals surface area contributed by atoms with E-state index in [-0.39, 0.29) is 5.54 Å². The lowest BCUT2D eigenvalue weighted by Crippen LogP contribution is -2.32. The first-order chi connectivity index (χ1) is 7.95. The molecule has 2 rings (SSSR count). The van der Waals surface area contributed by atoms with Crippen LogP contribution in [0.1, 0.15) is 13.8 Å². The molecule has 0 spiro atoms. The molecule has 1 aromatic carbocycles. The minimum Gasteiger partial charge on any atom is -0.382 e. The number of nitrogens with zero attached hydrogens (tertiary/aromatic N) is 2. The van der Waals surface area contributed by atoms with Crippen LogP contribution in [0.15, 0.2) is 18.2 Å². The van der Waals surface area contributed by atoms with Crippen LogP contribution >= 0.6 is 22.6 Å². The highest BCUT2D eigenvalue weighted by Crippen LogP contribution is 2.27. The van der Waals surface area contributed by atoms with E-state index >= 15 is 0 Å². The van der Waals surface area contributed by atoms with E-state index < -0.39 is 0 Å². The van der Waals surface area contributed by atoms with Gasteiger partial charge in [-0.1, -0.05) is 0 Å². The predicted octanol–water partition coefficient (Wildman–Crippen LogP) is 2.60. The highest BCUT2D eigenvalue weighted by Gasteiger charge is 2.25. The lowest BCUT2D eigenvalue weighted by atomic mass is 10.1. The number of imidazole rings is 1. The van der Waals surface area contributed by atoms with Crippen molar-refractivity contribution in [2.45, 2.75) is 19.4 Å². The van der Waals surface area contributed by atoms with Crippen molar-refractivity contribution in [1.82, 2.24) is 9.55 Å². The molecule has 0 saturated heterocycles. The van der Waals surface area contributed by atoms with E-state index in [2.05, 4.69) is 53.6 Å². The van der Waals surface area contributed by atoms with Gasteiger partial charge in [-0.05, 0) is 54.6 Å². The Morgan fingerprint density at radius 2 is 2.18 bits per heavy atom. The molecule has 1 heterocycles. The Balaban J connectivity index is 2.64. The molecule has 17 heavy (non-hydrogen) atoms. The molecular weight excluding hydrogens is 329 g/mol. The van der Waals surface area contributed by atoms with Gasteiger partial charge in [0.1, 0.15) is 0 Å². The molecule has 2 N–H and O–H groups in total. The Hall–Kier alpha value is -0.820. The van der Waals surface area contributed by atoms with Gasteiger partial charge >= 0.3 is 0 Å². The smallest absolute Gasteiger partial charge is 0.201 e. The number of halogens is 1. The van der Waals surface area contributed by atoms with Crippen LogP contribution in [0.4, 0.5) is 5.95 Å². The summed E-state index contributed by atoms with van der Waals surface area (Å²) in [5, 5.41) is 0. The summed E-state index contributed by atoms with van der Waals surface area (Å²) in [6.07, 6.45) is 0. The zero-order valence-corrected chi connectivity index (χ0v) is 12.4. The number of nitrogens with two attached hydrogens (primary N) is 1. The lowest BCUT2D eigenvalue weighted by molar-refractivity contribution is 0.113. The van der Waals surface area contributed by atoms with Crippen molar-refractivity contribution < 1.29 is 4.74 Å². The molecule has 0 aliphatic rings. The van der Waals surface area contributed by atoms with E-state index in [1.54, 1.807) is 7.11 Å². The Bertz CT molecular complexity index is 548. The number of nitrogen functional groups attached to an aromatic ring is 1. The van der Waals surface area contributed by atoms with Crippen LogP contribution < -0.4 is 5.73 Å². The summed E-state index contributed by atoms with van der Waals surface area (Å²) in [4.78, 5) is 4.40. The molecule has 0 aliphatic carbocycles. The van der Waals surface area contributed by atoms with Crippen molar-refractivity contribution in [3.63, 3.8) is 0 Å². The summed E-state index contributed by atoms with van der Waals surface area (Å²) in [6, 6.07) is 6.15. The van der Waals surface area contributed by atoms with E-state index in [0.29, 0.717) is 12.6 Å². The molecule has 0 bridgehead atoms. The maximum absolute atomic E-state index is 6.01. The van der Waals surface area contributed by atoms with Crippen LogP contribution in [0.5, 0.6) is 0 Å². The third kappa shape index (κ3) is 2.26. The molecule has 0 atom stereocenters. The first kappa shape index (κ1) is 12.6. The fourth-order valence-electron chi connectivity index (χ4n) is 2.13. The maximum Gasteiger partial charge on any atom is 0.201 e. The molecule has 1 aromatic heterocycles. The Kier molecular flexibility index (Phi) is 3.31. The number of hydrogen-bond acceptors (Lipinski definition) is 3. The largest absolute Gasteiger partial charge is 0.382 e. The monoisotopic (exact) mass is 345 g/mol. The molecule has 0 saturated carbocycles. The minimum atomic E-state index is -0.208. The average molecular weight is 345 g/mol. The number of aromatic nitrogens is 2. The molecule has 0 unspecified atom stereocenters.